The molecule has 3 atom stereocenters. The van der Waals surface area contributed by atoms with Crippen LogP contribution in [0, 0.1) is 0 Å². The molecule has 170 valence electrons. The molecule has 0 aliphatic carbocycles. The Hall–Kier alpha value is -3.31. The maximum Gasteiger partial charge on any atom is 0.411 e. The zero-order valence-electron chi connectivity index (χ0n) is 18.2. The number of amides is 1. The number of carbonyl (C=O) groups is 2. The fourth-order valence-electron chi connectivity index (χ4n) is 4.16. The largest absolute Gasteiger partial charge is 0.453 e. The van der Waals surface area contributed by atoms with Crippen LogP contribution in [0.15, 0.2) is 91.0 Å². The highest BCUT2D eigenvalue weighted by Crippen LogP contribution is 2.43. The Morgan fingerprint density at radius 3 is 2.06 bits per heavy atom. The summed E-state index contributed by atoms with van der Waals surface area (Å²) in [6.45, 7) is 0.116. The van der Waals surface area contributed by atoms with E-state index in [1.165, 1.54) is 0 Å². The van der Waals surface area contributed by atoms with Crippen molar-refractivity contribution in [1.82, 2.24) is 4.90 Å². The Labute approximate surface area is 198 Å². The Bertz CT molecular complexity index is 1050. The highest BCUT2D eigenvalue weighted by atomic mass is 35.5. The molecule has 1 aliphatic heterocycles. The van der Waals surface area contributed by atoms with Crippen LogP contribution in [0.1, 0.15) is 41.7 Å². The van der Waals surface area contributed by atoms with E-state index in [-0.39, 0.29) is 6.61 Å². The van der Waals surface area contributed by atoms with Crippen LogP contribution in [0.4, 0.5) is 4.79 Å². The van der Waals surface area contributed by atoms with E-state index in [1.807, 2.05) is 91.0 Å². The summed E-state index contributed by atoms with van der Waals surface area (Å²) < 4.78 is 11.7. The number of esters is 1. The third-order valence-electron chi connectivity index (χ3n) is 5.73. The zero-order chi connectivity index (χ0) is 23.0. The molecule has 0 bridgehead atoms. The van der Waals surface area contributed by atoms with Gasteiger partial charge in [0.05, 0.1) is 0 Å². The van der Waals surface area contributed by atoms with Gasteiger partial charge in [-0.15, -0.1) is 11.6 Å². The molecule has 5 nitrogen and oxygen atoms in total. The first-order chi connectivity index (χ1) is 16.2. The van der Waals surface area contributed by atoms with Gasteiger partial charge in [0.1, 0.15) is 18.7 Å². The van der Waals surface area contributed by atoms with E-state index in [4.69, 9.17) is 21.1 Å². The Morgan fingerprint density at radius 1 is 0.879 bits per heavy atom. The lowest BCUT2D eigenvalue weighted by Gasteiger charge is -2.44. The first-order valence-electron chi connectivity index (χ1n) is 11.0. The smallest absolute Gasteiger partial charge is 0.411 e. The summed E-state index contributed by atoms with van der Waals surface area (Å²) in [6.07, 6.45) is -0.239. The molecule has 1 saturated heterocycles. The summed E-state index contributed by atoms with van der Waals surface area (Å²) in [5.74, 6) is -0.0627. The number of morpholine rings is 1. The van der Waals surface area contributed by atoms with Gasteiger partial charge in [0.2, 0.25) is 0 Å². The van der Waals surface area contributed by atoms with Gasteiger partial charge >= 0.3 is 12.1 Å². The number of alkyl halides is 1. The topological polar surface area (TPSA) is 55.8 Å². The van der Waals surface area contributed by atoms with Crippen molar-refractivity contribution in [2.75, 3.05) is 5.88 Å². The van der Waals surface area contributed by atoms with Crippen LogP contribution in [0.3, 0.4) is 0 Å². The van der Waals surface area contributed by atoms with Crippen LogP contribution in [0.2, 0.25) is 0 Å². The van der Waals surface area contributed by atoms with E-state index in [0.29, 0.717) is 18.7 Å². The Balaban J connectivity index is 1.72. The van der Waals surface area contributed by atoms with Crippen molar-refractivity contribution >= 4 is 23.7 Å². The van der Waals surface area contributed by atoms with Crippen LogP contribution < -0.4 is 0 Å². The van der Waals surface area contributed by atoms with Gasteiger partial charge in [-0.25, -0.2) is 9.59 Å². The van der Waals surface area contributed by atoms with Gasteiger partial charge in [-0.1, -0.05) is 91.0 Å². The van der Waals surface area contributed by atoms with Crippen LogP contribution >= 0.6 is 11.6 Å². The van der Waals surface area contributed by atoms with Crippen LogP contribution in [0.5, 0.6) is 0 Å². The van der Waals surface area contributed by atoms with Gasteiger partial charge < -0.3 is 9.47 Å². The van der Waals surface area contributed by atoms with Crippen molar-refractivity contribution in [2.45, 2.75) is 37.6 Å². The van der Waals surface area contributed by atoms with Gasteiger partial charge in [-0.2, -0.15) is 0 Å². The third kappa shape index (κ3) is 5.37. The number of cyclic esters (lactones) is 1. The number of rotatable bonds is 7. The van der Waals surface area contributed by atoms with Crippen LogP contribution in [-0.4, -0.2) is 28.9 Å². The van der Waals surface area contributed by atoms with E-state index in [1.54, 1.807) is 4.90 Å². The standard InChI is InChI=1S/C27H26ClNO4/c28-18-10-17-23-26(30)33-25(22-15-8-3-9-16-22)24(21-13-6-2-7-14-21)29(23)27(31)32-19-20-11-4-1-5-12-20/h1-9,11-16,23-25H,10,17-19H2/t23-,24-,25+/m0/s1. The molecule has 1 amide bonds. The maximum absolute atomic E-state index is 13.5. The summed E-state index contributed by atoms with van der Waals surface area (Å²) in [7, 11) is 0. The lowest BCUT2D eigenvalue weighted by Crippen LogP contribution is -2.54. The molecule has 0 saturated carbocycles. The van der Waals surface area contributed by atoms with Crippen molar-refractivity contribution in [3.8, 4) is 0 Å². The maximum atomic E-state index is 13.5. The molecule has 0 spiro atoms. The normalized spacial score (nSPS) is 20.2. The monoisotopic (exact) mass is 463 g/mol. The predicted molar refractivity (Wildman–Crippen MR) is 127 cm³/mol. The summed E-state index contributed by atoms with van der Waals surface area (Å²) >= 11 is 5.93. The van der Waals surface area contributed by atoms with Crippen LogP contribution in [-0.2, 0) is 20.9 Å². The van der Waals surface area contributed by atoms with Crippen molar-refractivity contribution in [1.29, 1.82) is 0 Å². The van der Waals surface area contributed by atoms with Gasteiger partial charge in [0.15, 0.2) is 6.10 Å². The molecule has 3 aromatic rings. The van der Waals surface area contributed by atoms with Crippen molar-refractivity contribution in [3.63, 3.8) is 0 Å². The number of benzene rings is 3. The molecule has 0 aromatic heterocycles. The molecule has 1 aliphatic rings. The summed E-state index contributed by atoms with van der Waals surface area (Å²) in [5, 5.41) is 0. The average molecular weight is 464 g/mol. The quantitative estimate of drug-likeness (QED) is 0.316. The van der Waals surface area contributed by atoms with E-state index in [9.17, 15) is 9.59 Å². The molecule has 3 aromatic carbocycles. The number of halogens is 1. The summed E-state index contributed by atoms with van der Waals surface area (Å²) in [5.41, 5.74) is 2.56. The van der Waals surface area contributed by atoms with E-state index in [0.717, 1.165) is 16.7 Å². The Kier molecular flexibility index (Phi) is 7.63. The molecule has 6 heteroatoms. The molecular weight excluding hydrogens is 438 g/mol. The predicted octanol–water partition coefficient (Wildman–Crippen LogP) is 6.05. The molecule has 1 fully saturated rings. The minimum Gasteiger partial charge on any atom is -0.453 e. The molecule has 0 radical (unpaired) electrons. The molecular formula is C27H26ClNO4. The molecule has 1 heterocycles. The van der Waals surface area contributed by atoms with E-state index >= 15 is 0 Å². The summed E-state index contributed by atoms with van der Waals surface area (Å²) in [4.78, 5) is 28.2. The SMILES string of the molecule is O=C1O[C@H](c2ccccc2)[C@H](c2ccccc2)N(C(=O)OCc2ccccc2)[C@H]1CCCCl. The number of hydrogen-bond acceptors (Lipinski definition) is 4. The van der Waals surface area contributed by atoms with Crippen LogP contribution in [0.25, 0.3) is 0 Å². The number of carbonyl (C=O) groups excluding carboxylic acids is 2. The van der Waals surface area contributed by atoms with E-state index < -0.39 is 30.3 Å². The zero-order valence-corrected chi connectivity index (χ0v) is 18.9. The number of ether oxygens (including phenoxy) is 2. The number of hydrogen-bond donors (Lipinski definition) is 0. The fourth-order valence-corrected chi connectivity index (χ4v) is 4.32. The van der Waals surface area contributed by atoms with Gasteiger partial charge in [-0.3, -0.25) is 4.90 Å². The lowest BCUT2D eigenvalue weighted by molar-refractivity contribution is -0.173. The second kappa shape index (κ2) is 11.0. The molecule has 33 heavy (non-hydrogen) atoms. The van der Waals surface area contributed by atoms with Gasteiger partial charge in [0, 0.05) is 5.88 Å². The highest BCUT2D eigenvalue weighted by molar-refractivity contribution is 6.17. The van der Waals surface area contributed by atoms with Gasteiger partial charge in [0.25, 0.3) is 0 Å². The van der Waals surface area contributed by atoms with Crippen molar-refractivity contribution in [2.24, 2.45) is 0 Å². The van der Waals surface area contributed by atoms with E-state index in [2.05, 4.69) is 0 Å². The second-order valence-corrected chi connectivity index (χ2v) is 8.30. The van der Waals surface area contributed by atoms with Crippen molar-refractivity contribution in [3.05, 3.63) is 108 Å². The Morgan fingerprint density at radius 2 is 1.45 bits per heavy atom. The minimum atomic E-state index is -0.780. The first-order valence-corrected chi connectivity index (χ1v) is 11.6. The fraction of sp³-hybridized carbons (Fsp3) is 0.259. The highest BCUT2D eigenvalue weighted by Gasteiger charge is 2.48. The molecule has 0 unspecified atom stereocenters. The first kappa shape index (κ1) is 22.9. The van der Waals surface area contributed by atoms with Gasteiger partial charge in [-0.05, 0) is 29.5 Å². The summed E-state index contributed by atoms with van der Waals surface area (Å²) in [6, 6.07) is 27.3. The lowest BCUT2D eigenvalue weighted by atomic mass is 9.90. The average Bonchev–Trinajstić information content (AvgIpc) is 2.87. The minimum absolute atomic E-state index is 0.116. The molecule has 4 rings (SSSR count). The second-order valence-electron chi connectivity index (χ2n) is 7.92. The third-order valence-corrected chi connectivity index (χ3v) is 6.00. The molecule has 0 N–H and O–H groups in total. The number of nitrogens with zero attached hydrogens (tertiary/aromatic N) is 1. The van der Waals surface area contributed by atoms with Crippen molar-refractivity contribution < 1.29 is 19.1 Å².